The molecule has 106 valence electrons. The van der Waals surface area contributed by atoms with Gasteiger partial charge >= 0.3 is 0 Å². The number of carbonyl (C=O) groups is 1. The Labute approximate surface area is 111 Å². The zero-order valence-corrected chi connectivity index (χ0v) is 11.7. The van der Waals surface area contributed by atoms with Crippen LogP contribution in [-0.4, -0.2) is 35.7 Å². The van der Waals surface area contributed by atoms with Crippen molar-refractivity contribution in [1.29, 1.82) is 0 Å². The first-order valence-electron chi connectivity index (χ1n) is 7.34. The van der Waals surface area contributed by atoms with Crippen molar-refractivity contribution in [1.82, 2.24) is 10.6 Å². The number of rotatable bonds is 7. The van der Waals surface area contributed by atoms with E-state index in [1.807, 2.05) is 6.92 Å². The van der Waals surface area contributed by atoms with Crippen LogP contribution < -0.4 is 10.6 Å². The standard InChI is InChI=1S/C14H28N2O2/c1-3-12(9-10-17)15-11(2)14(18)16-13-7-5-4-6-8-13/h11-13,15,17H,3-10H2,1-2H3,(H,16,18). The number of aliphatic hydroxyl groups is 1. The predicted octanol–water partition coefficient (Wildman–Crippen LogP) is 1.57. The zero-order chi connectivity index (χ0) is 13.4. The first-order valence-corrected chi connectivity index (χ1v) is 7.34. The van der Waals surface area contributed by atoms with Gasteiger partial charge in [0.1, 0.15) is 0 Å². The molecule has 4 nitrogen and oxygen atoms in total. The number of aliphatic hydroxyl groups excluding tert-OH is 1. The van der Waals surface area contributed by atoms with E-state index < -0.39 is 0 Å². The molecule has 4 heteroatoms. The van der Waals surface area contributed by atoms with E-state index in [1.54, 1.807) is 0 Å². The monoisotopic (exact) mass is 256 g/mol. The third-order valence-corrected chi connectivity index (χ3v) is 3.80. The molecule has 0 aromatic heterocycles. The molecule has 1 saturated carbocycles. The third-order valence-electron chi connectivity index (χ3n) is 3.80. The number of amides is 1. The molecule has 0 bridgehead atoms. The number of nitrogens with one attached hydrogen (secondary N) is 2. The number of hydrogen-bond acceptors (Lipinski definition) is 3. The summed E-state index contributed by atoms with van der Waals surface area (Å²) in [6, 6.07) is 0.416. The number of carbonyl (C=O) groups excluding carboxylic acids is 1. The lowest BCUT2D eigenvalue weighted by Crippen LogP contribution is -2.49. The summed E-state index contributed by atoms with van der Waals surface area (Å²) in [6.45, 7) is 4.14. The number of hydrogen-bond donors (Lipinski definition) is 3. The van der Waals surface area contributed by atoms with Gasteiger partial charge in [-0.15, -0.1) is 0 Å². The second-order valence-corrected chi connectivity index (χ2v) is 5.35. The van der Waals surface area contributed by atoms with E-state index in [9.17, 15) is 4.79 Å². The molecule has 0 heterocycles. The second kappa shape index (κ2) is 8.48. The van der Waals surface area contributed by atoms with Crippen molar-refractivity contribution in [2.45, 2.75) is 76.9 Å². The van der Waals surface area contributed by atoms with E-state index in [4.69, 9.17) is 5.11 Å². The Kier molecular flexibility index (Phi) is 7.28. The van der Waals surface area contributed by atoms with Crippen molar-refractivity contribution in [2.24, 2.45) is 0 Å². The quantitative estimate of drug-likeness (QED) is 0.648. The van der Waals surface area contributed by atoms with Gasteiger partial charge in [0.25, 0.3) is 0 Å². The van der Waals surface area contributed by atoms with Gasteiger partial charge in [0.05, 0.1) is 6.04 Å². The fourth-order valence-electron chi connectivity index (χ4n) is 2.56. The molecule has 1 aliphatic rings. The largest absolute Gasteiger partial charge is 0.396 e. The molecule has 1 aliphatic carbocycles. The van der Waals surface area contributed by atoms with Gasteiger partial charge in [-0.1, -0.05) is 26.2 Å². The molecule has 3 N–H and O–H groups in total. The lowest BCUT2D eigenvalue weighted by Gasteiger charge is -2.26. The third kappa shape index (κ3) is 5.36. The lowest BCUT2D eigenvalue weighted by atomic mass is 9.95. The van der Waals surface area contributed by atoms with E-state index in [-0.39, 0.29) is 24.6 Å². The maximum atomic E-state index is 12.0. The predicted molar refractivity (Wildman–Crippen MR) is 73.4 cm³/mol. The van der Waals surface area contributed by atoms with Crippen LogP contribution in [0, 0.1) is 0 Å². The van der Waals surface area contributed by atoms with Crippen molar-refractivity contribution in [3.8, 4) is 0 Å². The van der Waals surface area contributed by atoms with Crippen molar-refractivity contribution in [3.63, 3.8) is 0 Å². The Hall–Kier alpha value is -0.610. The van der Waals surface area contributed by atoms with Gasteiger partial charge in [0.2, 0.25) is 5.91 Å². The summed E-state index contributed by atoms with van der Waals surface area (Å²) in [6.07, 6.45) is 7.63. The van der Waals surface area contributed by atoms with E-state index in [0.717, 1.165) is 19.3 Å². The van der Waals surface area contributed by atoms with Gasteiger partial charge in [-0.3, -0.25) is 4.79 Å². The first kappa shape index (κ1) is 15.4. The minimum atomic E-state index is -0.177. The Bertz CT molecular complexity index is 240. The molecule has 0 saturated heterocycles. The highest BCUT2D eigenvalue weighted by atomic mass is 16.3. The van der Waals surface area contributed by atoms with Crippen LogP contribution in [0.1, 0.15) is 58.8 Å². The highest BCUT2D eigenvalue weighted by molar-refractivity contribution is 5.81. The van der Waals surface area contributed by atoms with Crippen LogP contribution in [0.15, 0.2) is 0 Å². The summed E-state index contributed by atoms with van der Waals surface area (Å²) in [4.78, 5) is 12.0. The summed E-state index contributed by atoms with van der Waals surface area (Å²) >= 11 is 0. The van der Waals surface area contributed by atoms with Crippen molar-refractivity contribution in [2.75, 3.05) is 6.61 Å². The Balaban J connectivity index is 2.30. The molecule has 18 heavy (non-hydrogen) atoms. The molecule has 1 amide bonds. The fraction of sp³-hybridized carbons (Fsp3) is 0.929. The Morgan fingerprint density at radius 1 is 1.33 bits per heavy atom. The molecular weight excluding hydrogens is 228 g/mol. The van der Waals surface area contributed by atoms with E-state index in [2.05, 4.69) is 17.6 Å². The minimum absolute atomic E-state index is 0.0956. The molecule has 1 fully saturated rings. The molecule has 0 aromatic carbocycles. The molecule has 2 atom stereocenters. The van der Waals surface area contributed by atoms with E-state index in [0.29, 0.717) is 12.5 Å². The fourth-order valence-corrected chi connectivity index (χ4v) is 2.56. The van der Waals surface area contributed by atoms with E-state index >= 15 is 0 Å². The normalized spacial score (nSPS) is 20.4. The van der Waals surface area contributed by atoms with Gasteiger partial charge in [0, 0.05) is 18.7 Å². The molecule has 0 radical (unpaired) electrons. The molecule has 0 spiro atoms. The summed E-state index contributed by atoms with van der Waals surface area (Å²) in [7, 11) is 0. The summed E-state index contributed by atoms with van der Waals surface area (Å²) in [5, 5.41) is 15.4. The van der Waals surface area contributed by atoms with E-state index in [1.165, 1.54) is 19.3 Å². The minimum Gasteiger partial charge on any atom is -0.396 e. The molecule has 0 aliphatic heterocycles. The van der Waals surface area contributed by atoms with Gasteiger partial charge in [-0.2, -0.15) is 0 Å². The maximum Gasteiger partial charge on any atom is 0.237 e. The van der Waals surface area contributed by atoms with Gasteiger partial charge in [-0.25, -0.2) is 0 Å². The average Bonchev–Trinajstić information content (AvgIpc) is 2.39. The SMILES string of the molecule is CCC(CCO)NC(C)C(=O)NC1CCCCC1. The van der Waals surface area contributed by atoms with Crippen molar-refractivity contribution < 1.29 is 9.90 Å². The smallest absolute Gasteiger partial charge is 0.237 e. The van der Waals surface area contributed by atoms with Gasteiger partial charge < -0.3 is 15.7 Å². The average molecular weight is 256 g/mol. The lowest BCUT2D eigenvalue weighted by molar-refractivity contribution is -0.123. The van der Waals surface area contributed by atoms with Crippen molar-refractivity contribution in [3.05, 3.63) is 0 Å². The maximum absolute atomic E-state index is 12.0. The van der Waals surface area contributed by atoms with Gasteiger partial charge in [-0.05, 0) is 32.6 Å². The molecule has 1 rings (SSSR count). The molecular formula is C14H28N2O2. The van der Waals surface area contributed by atoms with Crippen LogP contribution in [0.25, 0.3) is 0 Å². The summed E-state index contributed by atoms with van der Waals surface area (Å²) in [5.74, 6) is 0.0956. The van der Waals surface area contributed by atoms with Gasteiger partial charge in [0.15, 0.2) is 0 Å². The Morgan fingerprint density at radius 2 is 2.00 bits per heavy atom. The van der Waals surface area contributed by atoms with Crippen LogP contribution in [-0.2, 0) is 4.79 Å². The van der Waals surface area contributed by atoms with Crippen LogP contribution in [0.4, 0.5) is 0 Å². The topological polar surface area (TPSA) is 61.4 Å². The highest BCUT2D eigenvalue weighted by Gasteiger charge is 2.20. The van der Waals surface area contributed by atoms with Crippen LogP contribution in [0.2, 0.25) is 0 Å². The highest BCUT2D eigenvalue weighted by Crippen LogP contribution is 2.17. The Morgan fingerprint density at radius 3 is 2.56 bits per heavy atom. The van der Waals surface area contributed by atoms with Crippen LogP contribution >= 0.6 is 0 Å². The summed E-state index contributed by atoms with van der Waals surface area (Å²) in [5.41, 5.74) is 0. The van der Waals surface area contributed by atoms with Crippen LogP contribution in [0.5, 0.6) is 0 Å². The summed E-state index contributed by atoms with van der Waals surface area (Å²) < 4.78 is 0. The van der Waals surface area contributed by atoms with Crippen LogP contribution in [0.3, 0.4) is 0 Å². The molecule has 0 aromatic rings. The zero-order valence-electron chi connectivity index (χ0n) is 11.7. The first-order chi connectivity index (χ1) is 8.67. The van der Waals surface area contributed by atoms with Crippen molar-refractivity contribution >= 4 is 5.91 Å². The molecule has 2 unspecified atom stereocenters. The second-order valence-electron chi connectivity index (χ2n) is 5.35.